The second-order valence-corrected chi connectivity index (χ2v) is 17.9. The van der Waals surface area contributed by atoms with Crippen LogP contribution in [0.5, 0.6) is 0 Å². The van der Waals surface area contributed by atoms with Gasteiger partial charge in [-0.3, -0.25) is 14.4 Å². The third kappa shape index (κ3) is 54.4. The first-order valence-electron chi connectivity index (χ1n) is 27.8. The maximum absolute atomic E-state index is 12.8. The summed E-state index contributed by atoms with van der Waals surface area (Å²) in [6.45, 7) is 6.31. The van der Waals surface area contributed by atoms with E-state index in [1.807, 2.05) is 60.8 Å². The van der Waals surface area contributed by atoms with E-state index in [0.29, 0.717) is 19.3 Å². The molecule has 6 heteroatoms. The lowest BCUT2D eigenvalue weighted by Gasteiger charge is -2.18. The molecule has 69 heavy (non-hydrogen) atoms. The molecule has 0 N–H and O–H groups in total. The molecule has 0 aliphatic rings. The Labute approximate surface area is 424 Å². The zero-order valence-electron chi connectivity index (χ0n) is 44.3. The van der Waals surface area contributed by atoms with Gasteiger partial charge in [0.2, 0.25) is 0 Å². The second kappa shape index (κ2) is 56.1. The zero-order chi connectivity index (χ0) is 50.0. The van der Waals surface area contributed by atoms with E-state index in [1.165, 1.54) is 77.0 Å². The van der Waals surface area contributed by atoms with Crippen molar-refractivity contribution in [2.75, 3.05) is 13.2 Å². The predicted molar refractivity (Wildman–Crippen MR) is 297 cm³/mol. The Morgan fingerprint density at radius 2 is 0.638 bits per heavy atom. The molecule has 0 aromatic rings. The van der Waals surface area contributed by atoms with E-state index < -0.39 is 6.10 Å². The van der Waals surface area contributed by atoms with E-state index in [9.17, 15) is 14.4 Å². The summed E-state index contributed by atoms with van der Waals surface area (Å²) >= 11 is 0. The van der Waals surface area contributed by atoms with E-state index in [4.69, 9.17) is 14.2 Å². The predicted octanol–water partition coefficient (Wildman–Crippen LogP) is 18.6. The molecule has 0 radical (unpaired) electrons. The minimum Gasteiger partial charge on any atom is -0.462 e. The number of hydrogen-bond donors (Lipinski definition) is 0. The molecule has 0 fully saturated rings. The monoisotopic (exact) mass is 953 g/mol. The molecule has 0 aromatic heterocycles. The van der Waals surface area contributed by atoms with Crippen molar-refractivity contribution in [2.45, 2.75) is 232 Å². The van der Waals surface area contributed by atoms with Gasteiger partial charge in [-0.25, -0.2) is 0 Å². The van der Waals surface area contributed by atoms with Crippen LogP contribution in [0.25, 0.3) is 0 Å². The molecule has 0 heterocycles. The van der Waals surface area contributed by atoms with E-state index in [2.05, 4.69) is 93.7 Å². The third-order valence-corrected chi connectivity index (χ3v) is 11.3. The van der Waals surface area contributed by atoms with E-state index in [0.717, 1.165) is 103 Å². The molecular formula is C63H100O6. The third-order valence-electron chi connectivity index (χ3n) is 11.3. The highest BCUT2D eigenvalue weighted by Crippen LogP contribution is 2.15. The lowest BCUT2D eigenvalue weighted by Crippen LogP contribution is -2.30. The molecule has 0 saturated carbocycles. The fourth-order valence-electron chi connectivity index (χ4n) is 7.21. The summed E-state index contributed by atoms with van der Waals surface area (Å²) in [5.74, 6) is -0.991. The molecule has 0 spiro atoms. The fraction of sp³-hybridized carbons (Fsp3) is 0.603. The standard InChI is InChI=1S/C63H100O6/c1-4-7-10-13-16-19-22-25-28-30-31-33-35-38-41-44-47-50-53-56-62(65)68-59-60(58-67-61(64)55-52-49-46-43-40-37-34-27-24-21-18-15-12-9-6-3)69-63(66)57-54-51-48-45-42-39-36-32-29-26-23-20-17-14-11-8-5-2/h7-8,10-11,14,16-17,19-20,23,25-26,28-29,31-33,36,38-39,41-42,60H,4-6,9,12-13,15,18,21-22,24,27,30,34-35,37,40,43-59H2,1-3H3/b10-7-,11-8-,17-14-,19-16-,23-20-,28-25-,29-26-,33-31-,36-32+,41-38-,42-39-. The van der Waals surface area contributed by atoms with Gasteiger partial charge in [0.15, 0.2) is 6.10 Å². The fourth-order valence-corrected chi connectivity index (χ4v) is 7.21. The number of hydrogen-bond acceptors (Lipinski definition) is 6. The van der Waals surface area contributed by atoms with Gasteiger partial charge in [0.05, 0.1) is 0 Å². The zero-order valence-corrected chi connectivity index (χ0v) is 44.3. The molecule has 0 bridgehead atoms. The highest BCUT2D eigenvalue weighted by atomic mass is 16.6. The van der Waals surface area contributed by atoms with E-state index in [-0.39, 0.29) is 37.5 Å². The molecule has 388 valence electrons. The molecule has 6 nitrogen and oxygen atoms in total. The molecule has 0 rings (SSSR count). The second-order valence-electron chi connectivity index (χ2n) is 17.9. The van der Waals surface area contributed by atoms with Crippen molar-refractivity contribution in [1.82, 2.24) is 0 Å². The first kappa shape index (κ1) is 64.5. The van der Waals surface area contributed by atoms with Crippen LogP contribution in [0.2, 0.25) is 0 Å². The van der Waals surface area contributed by atoms with Gasteiger partial charge in [0.1, 0.15) is 13.2 Å². The number of esters is 3. The first-order valence-corrected chi connectivity index (χ1v) is 27.8. The van der Waals surface area contributed by atoms with Gasteiger partial charge < -0.3 is 14.2 Å². The summed E-state index contributed by atoms with van der Waals surface area (Å²) in [4.78, 5) is 38.1. The van der Waals surface area contributed by atoms with Crippen LogP contribution in [-0.2, 0) is 28.6 Å². The number of ether oxygens (including phenoxy) is 3. The molecule has 0 saturated heterocycles. The van der Waals surface area contributed by atoms with Gasteiger partial charge in [-0.05, 0) is 83.5 Å². The Morgan fingerprint density at radius 3 is 1.06 bits per heavy atom. The van der Waals surface area contributed by atoms with E-state index >= 15 is 0 Å². The van der Waals surface area contributed by atoms with Gasteiger partial charge in [0, 0.05) is 19.3 Å². The molecule has 0 aromatic carbocycles. The summed E-state index contributed by atoms with van der Waals surface area (Å²) in [5, 5.41) is 0. The van der Waals surface area contributed by atoms with Crippen molar-refractivity contribution in [3.05, 3.63) is 134 Å². The van der Waals surface area contributed by atoms with Crippen LogP contribution in [0.1, 0.15) is 226 Å². The lowest BCUT2D eigenvalue weighted by molar-refractivity contribution is -0.167. The van der Waals surface area contributed by atoms with Crippen LogP contribution in [0.15, 0.2) is 134 Å². The van der Waals surface area contributed by atoms with Gasteiger partial charge >= 0.3 is 17.9 Å². The molecule has 1 unspecified atom stereocenters. The Balaban J connectivity index is 4.56. The number of carbonyl (C=O) groups excluding carboxylic acids is 3. The number of rotatable bonds is 48. The topological polar surface area (TPSA) is 78.9 Å². The molecule has 1 atom stereocenters. The molecular weight excluding hydrogens is 853 g/mol. The Kier molecular flexibility index (Phi) is 52.5. The first-order chi connectivity index (χ1) is 34.0. The summed E-state index contributed by atoms with van der Waals surface area (Å²) in [5.41, 5.74) is 0. The normalized spacial score (nSPS) is 13.1. The van der Waals surface area contributed by atoms with Crippen molar-refractivity contribution in [3.8, 4) is 0 Å². The smallest absolute Gasteiger partial charge is 0.306 e. The number of unbranched alkanes of at least 4 members (excludes halogenated alkanes) is 20. The SMILES string of the molecule is CC\C=C/C=C\C=C/C=C\C=C\C=C/CCCCCC(=O)OC(COC(=O)CCCCC/C=C\C/C=C\C/C=C\C/C=C\C/C=C\CC)COC(=O)CCCCCCCCCCCCCCCCC. The molecule has 0 aliphatic carbocycles. The van der Waals surface area contributed by atoms with Crippen LogP contribution in [0, 0.1) is 0 Å². The average Bonchev–Trinajstić information content (AvgIpc) is 3.35. The summed E-state index contributed by atoms with van der Waals surface area (Å²) in [6.07, 6.45) is 78.6. The largest absolute Gasteiger partial charge is 0.462 e. The van der Waals surface area contributed by atoms with Crippen LogP contribution < -0.4 is 0 Å². The van der Waals surface area contributed by atoms with Gasteiger partial charge in [0.25, 0.3) is 0 Å². The lowest BCUT2D eigenvalue weighted by atomic mass is 10.0. The van der Waals surface area contributed by atoms with E-state index in [1.54, 1.807) is 0 Å². The summed E-state index contributed by atoms with van der Waals surface area (Å²) in [6, 6.07) is 0. The highest BCUT2D eigenvalue weighted by Gasteiger charge is 2.19. The maximum atomic E-state index is 12.8. The van der Waals surface area contributed by atoms with Crippen LogP contribution in [0.3, 0.4) is 0 Å². The summed E-state index contributed by atoms with van der Waals surface area (Å²) in [7, 11) is 0. The Morgan fingerprint density at radius 1 is 0.319 bits per heavy atom. The van der Waals surface area contributed by atoms with Crippen LogP contribution in [0.4, 0.5) is 0 Å². The van der Waals surface area contributed by atoms with Crippen LogP contribution >= 0.6 is 0 Å². The molecule has 0 amide bonds. The van der Waals surface area contributed by atoms with Crippen molar-refractivity contribution >= 4 is 17.9 Å². The van der Waals surface area contributed by atoms with Crippen LogP contribution in [-0.4, -0.2) is 37.2 Å². The highest BCUT2D eigenvalue weighted by molar-refractivity contribution is 5.71. The van der Waals surface area contributed by atoms with Gasteiger partial charge in [-0.1, -0.05) is 257 Å². The number of allylic oxidation sites excluding steroid dienone is 22. The Hall–Kier alpha value is -4.45. The maximum Gasteiger partial charge on any atom is 0.306 e. The molecule has 0 aliphatic heterocycles. The minimum atomic E-state index is -0.819. The van der Waals surface area contributed by atoms with Crippen molar-refractivity contribution < 1.29 is 28.6 Å². The van der Waals surface area contributed by atoms with Crippen molar-refractivity contribution in [2.24, 2.45) is 0 Å². The van der Waals surface area contributed by atoms with Gasteiger partial charge in [-0.15, -0.1) is 0 Å². The Bertz CT molecular complexity index is 1510. The summed E-state index contributed by atoms with van der Waals surface area (Å²) < 4.78 is 16.8. The number of carbonyl (C=O) groups is 3. The quantitative estimate of drug-likeness (QED) is 0.0199. The van der Waals surface area contributed by atoms with Gasteiger partial charge in [-0.2, -0.15) is 0 Å². The van der Waals surface area contributed by atoms with Crippen molar-refractivity contribution in [3.63, 3.8) is 0 Å². The van der Waals surface area contributed by atoms with Crippen molar-refractivity contribution in [1.29, 1.82) is 0 Å². The minimum absolute atomic E-state index is 0.110. The average molecular weight is 953 g/mol.